The predicted octanol–water partition coefficient (Wildman–Crippen LogP) is 4.85. The number of sulfonamides is 1. The lowest BCUT2D eigenvalue weighted by molar-refractivity contribution is -0.139. The Morgan fingerprint density at radius 1 is 1.00 bits per heavy atom. The molecule has 244 valence electrons. The van der Waals surface area contributed by atoms with E-state index in [9.17, 15) is 22.8 Å². The summed E-state index contributed by atoms with van der Waals surface area (Å²) < 4.78 is 32.8. The minimum Gasteiger partial charge on any atom is -0.482 e. The van der Waals surface area contributed by atoms with Crippen molar-refractivity contribution in [2.75, 3.05) is 12.9 Å². The Balaban J connectivity index is 1.54. The predicted molar refractivity (Wildman–Crippen MR) is 171 cm³/mol. The highest BCUT2D eigenvalue weighted by molar-refractivity contribution is 7.88. The summed E-state index contributed by atoms with van der Waals surface area (Å²) in [6, 6.07) is 16.2. The zero-order valence-corrected chi connectivity index (χ0v) is 27.1. The Bertz CT molecular complexity index is 1740. The molecule has 3 N–H and O–H groups in total. The number of nitrogens with one attached hydrogen (secondary N) is 2. The van der Waals surface area contributed by atoms with Gasteiger partial charge in [0.25, 0.3) is 11.8 Å². The molecule has 0 unspecified atom stereocenters. The number of carbonyl (C=O) groups is 3. The molecular weight excluding hydrogens is 657 g/mol. The number of benzene rings is 3. The van der Waals surface area contributed by atoms with Crippen LogP contribution in [0.4, 0.5) is 0 Å². The van der Waals surface area contributed by atoms with Crippen molar-refractivity contribution >= 4 is 51.0 Å². The van der Waals surface area contributed by atoms with Crippen LogP contribution in [-0.2, 0) is 31.1 Å². The quantitative estimate of drug-likeness (QED) is 0.242. The van der Waals surface area contributed by atoms with E-state index >= 15 is 0 Å². The second-order valence-electron chi connectivity index (χ2n) is 11.3. The van der Waals surface area contributed by atoms with Gasteiger partial charge in [-0.25, -0.2) is 23.4 Å². The van der Waals surface area contributed by atoms with Gasteiger partial charge in [-0.05, 0) is 48.2 Å². The van der Waals surface area contributed by atoms with E-state index in [1.165, 1.54) is 6.07 Å². The number of hydrogen-bond donors (Lipinski definition) is 3. The van der Waals surface area contributed by atoms with E-state index in [1.54, 1.807) is 65.6 Å². The molecule has 3 aromatic rings. The van der Waals surface area contributed by atoms with Crippen LogP contribution in [-0.4, -0.2) is 61.2 Å². The molecule has 3 aromatic carbocycles. The number of para-hydroxylation sites is 1. The Labute approximate surface area is 276 Å². The van der Waals surface area contributed by atoms with E-state index in [0.717, 1.165) is 19.1 Å². The normalized spacial score (nSPS) is 21.4. The van der Waals surface area contributed by atoms with Crippen LogP contribution >= 0.6 is 23.2 Å². The topological polar surface area (TPSA) is 151 Å². The molecule has 1 fully saturated rings. The average molecular weight is 691 g/mol. The van der Waals surface area contributed by atoms with Crippen LogP contribution in [0.3, 0.4) is 0 Å². The van der Waals surface area contributed by atoms with Gasteiger partial charge in [-0.15, -0.1) is 0 Å². The second kappa shape index (κ2) is 14.4. The molecular formula is C32H33Cl2N3O8S. The van der Waals surface area contributed by atoms with Gasteiger partial charge >= 0.3 is 5.97 Å². The van der Waals surface area contributed by atoms with Crippen LogP contribution in [0.5, 0.6) is 5.75 Å². The SMILES string of the molecule is CS(=O)(=O)N[C@H]1CCCC[C@@H]1N1C(=O)c2ccccc2[C@@H](C(=O)NOCc2ccccc2OCC(=O)O)[C@@H]1c1ccc(Cl)cc1Cl. The highest BCUT2D eigenvalue weighted by Gasteiger charge is 2.49. The fourth-order valence-corrected chi connectivity index (χ4v) is 7.63. The minimum atomic E-state index is -3.62. The van der Waals surface area contributed by atoms with Crippen molar-refractivity contribution in [2.45, 2.75) is 56.3 Å². The van der Waals surface area contributed by atoms with Crippen LogP contribution in [0.2, 0.25) is 10.0 Å². The zero-order chi connectivity index (χ0) is 33.0. The third-order valence-corrected chi connectivity index (χ3v) is 9.41. The number of rotatable bonds is 11. The average Bonchev–Trinajstić information content (AvgIpc) is 3.00. The Morgan fingerprint density at radius 3 is 2.46 bits per heavy atom. The number of hydroxylamine groups is 1. The molecule has 11 nitrogen and oxygen atoms in total. The van der Waals surface area contributed by atoms with Gasteiger partial charge in [0.2, 0.25) is 10.0 Å². The van der Waals surface area contributed by atoms with Crippen molar-refractivity contribution in [3.63, 3.8) is 0 Å². The third kappa shape index (κ3) is 7.64. The monoisotopic (exact) mass is 689 g/mol. The van der Waals surface area contributed by atoms with Gasteiger partial charge in [0.05, 0.1) is 18.2 Å². The molecule has 0 saturated heterocycles. The number of fused-ring (bicyclic) bond motifs is 1. The standard InChI is InChI=1S/C32H33Cl2N3O8S/c1-46(42,43)36-25-11-5-6-12-26(25)37-30(23-15-14-20(33)16-24(23)34)29(21-9-3-4-10-22(21)32(37)41)31(40)35-45-17-19-8-2-7-13-27(19)44-18-28(38)39/h2-4,7-10,13-16,25-26,29-30,36H,5-6,11-12,17-18H2,1H3,(H,35,40)(H,38,39)/t25-,26-,29+,30-/m0/s1. The molecule has 46 heavy (non-hydrogen) atoms. The molecule has 1 saturated carbocycles. The summed E-state index contributed by atoms with van der Waals surface area (Å²) in [7, 11) is -3.62. The van der Waals surface area contributed by atoms with Crippen molar-refractivity contribution in [3.05, 3.63) is 99.0 Å². The number of ether oxygens (including phenoxy) is 1. The molecule has 1 aliphatic carbocycles. The summed E-state index contributed by atoms with van der Waals surface area (Å²) in [5, 5.41) is 9.61. The summed E-state index contributed by atoms with van der Waals surface area (Å²) in [5.74, 6) is -2.81. The number of aliphatic carboxylic acids is 1. The number of nitrogens with zero attached hydrogens (tertiary/aromatic N) is 1. The highest BCUT2D eigenvalue weighted by atomic mass is 35.5. The van der Waals surface area contributed by atoms with E-state index in [2.05, 4.69) is 10.2 Å². The molecule has 0 radical (unpaired) electrons. The summed E-state index contributed by atoms with van der Waals surface area (Å²) in [6.07, 6.45) is 3.61. The van der Waals surface area contributed by atoms with Gasteiger partial charge in [-0.2, -0.15) is 0 Å². The number of hydrogen-bond acceptors (Lipinski definition) is 7. The number of carbonyl (C=O) groups excluding carboxylic acids is 2. The number of carboxylic acid groups (broad SMARTS) is 1. The molecule has 0 bridgehead atoms. The number of amides is 2. The molecule has 1 heterocycles. The van der Waals surface area contributed by atoms with Crippen molar-refractivity contribution < 1.29 is 37.5 Å². The second-order valence-corrected chi connectivity index (χ2v) is 13.9. The van der Waals surface area contributed by atoms with Crippen LogP contribution in [0, 0.1) is 0 Å². The Morgan fingerprint density at radius 2 is 1.72 bits per heavy atom. The maximum atomic E-state index is 14.4. The van der Waals surface area contributed by atoms with E-state index in [4.69, 9.17) is 37.9 Å². The van der Waals surface area contributed by atoms with E-state index < -0.39 is 52.6 Å². The van der Waals surface area contributed by atoms with E-state index in [0.29, 0.717) is 40.1 Å². The molecule has 5 rings (SSSR count). The lowest BCUT2D eigenvalue weighted by Gasteiger charge is -2.49. The first-order valence-electron chi connectivity index (χ1n) is 14.6. The van der Waals surface area contributed by atoms with Crippen LogP contribution < -0.4 is 14.9 Å². The van der Waals surface area contributed by atoms with Crippen molar-refractivity contribution in [3.8, 4) is 5.75 Å². The molecule has 2 amide bonds. The molecule has 0 aromatic heterocycles. The molecule has 14 heteroatoms. The van der Waals surface area contributed by atoms with Gasteiger partial charge in [0.1, 0.15) is 12.4 Å². The Kier molecular flexibility index (Phi) is 10.5. The first kappa shape index (κ1) is 33.7. The largest absolute Gasteiger partial charge is 0.482 e. The minimum absolute atomic E-state index is 0.145. The lowest BCUT2D eigenvalue weighted by Crippen LogP contribution is -2.59. The smallest absolute Gasteiger partial charge is 0.341 e. The zero-order valence-electron chi connectivity index (χ0n) is 24.8. The molecule has 0 spiro atoms. The highest BCUT2D eigenvalue weighted by Crippen LogP contribution is 2.48. The molecule has 2 aliphatic rings. The summed E-state index contributed by atoms with van der Waals surface area (Å²) in [4.78, 5) is 46.8. The fourth-order valence-electron chi connectivity index (χ4n) is 6.28. The van der Waals surface area contributed by atoms with Gasteiger partial charge < -0.3 is 14.7 Å². The van der Waals surface area contributed by atoms with Gasteiger partial charge in [0.15, 0.2) is 6.61 Å². The summed E-state index contributed by atoms with van der Waals surface area (Å²) in [6.45, 7) is -0.695. The number of carboxylic acids is 1. The maximum absolute atomic E-state index is 14.4. The third-order valence-electron chi connectivity index (χ3n) is 8.12. The summed E-state index contributed by atoms with van der Waals surface area (Å²) in [5.41, 5.74) is 4.24. The van der Waals surface area contributed by atoms with E-state index in [-0.39, 0.29) is 23.3 Å². The first-order chi connectivity index (χ1) is 21.9. The van der Waals surface area contributed by atoms with Gasteiger partial charge in [-0.1, -0.05) is 78.5 Å². The van der Waals surface area contributed by atoms with Gasteiger partial charge in [-0.3, -0.25) is 14.4 Å². The first-order valence-corrected chi connectivity index (χ1v) is 17.3. The fraction of sp³-hybridized carbons (Fsp3) is 0.344. The number of halogens is 2. The van der Waals surface area contributed by atoms with Crippen LogP contribution in [0.15, 0.2) is 66.7 Å². The van der Waals surface area contributed by atoms with E-state index in [1.807, 2.05) is 0 Å². The van der Waals surface area contributed by atoms with Crippen LogP contribution in [0.25, 0.3) is 0 Å². The van der Waals surface area contributed by atoms with Crippen LogP contribution in [0.1, 0.15) is 64.7 Å². The molecule has 1 aliphatic heterocycles. The van der Waals surface area contributed by atoms with Crippen molar-refractivity contribution in [1.29, 1.82) is 0 Å². The maximum Gasteiger partial charge on any atom is 0.341 e. The Hall–Kier alpha value is -3.68. The summed E-state index contributed by atoms with van der Waals surface area (Å²) >= 11 is 13.0. The molecule has 4 atom stereocenters. The van der Waals surface area contributed by atoms with Crippen molar-refractivity contribution in [2.24, 2.45) is 0 Å². The van der Waals surface area contributed by atoms with Crippen molar-refractivity contribution in [1.82, 2.24) is 15.1 Å². The lowest BCUT2D eigenvalue weighted by atomic mass is 9.76. The van der Waals surface area contributed by atoms with Gasteiger partial charge in [0, 0.05) is 33.3 Å².